The van der Waals surface area contributed by atoms with Crippen molar-refractivity contribution in [1.82, 2.24) is 19.9 Å². The number of ether oxygens (including phenoxy) is 1. The van der Waals surface area contributed by atoms with Crippen molar-refractivity contribution >= 4 is 21.6 Å². The fourth-order valence-corrected chi connectivity index (χ4v) is 3.63. The van der Waals surface area contributed by atoms with Crippen molar-refractivity contribution in [3.63, 3.8) is 0 Å². The summed E-state index contributed by atoms with van der Waals surface area (Å²) in [6.45, 7) is 0. The zero-order chi connectivity index (χ0) is 17.2. The highest BCUT2D eigenvalue weighted by molar-refractivity contribution is 7.17. The summed E-state index contributed by atoms with van der Waals surface area (Å²) in [5, 5.41) is 3.00. The Bertz CT molecular complexity index is 1000. The molecule has 0 radical (unpaired) electrons. The van der Waals surface area contributed by atoms with Gasteiger partial charge in [0.25, 0.3) is 0 Å². The van der Waals surface area contributed by atoms with Gasteiger partial charge in [0.1, 0.15) is 11.2 Å². The van der Waals surface area contributed by atoms with E-state index in [1.165, 1.54) is 0 Å². The maximum Gasteiger partial charge on any atom is 0.212 e. The summed E-state index contributed by atoms with van der Waals surface area (Å²) in [4.78, 5) is 18.4. The fourth-order valence-electron chi connectivity index (χ4n) is 2.71. The van der Waals surface area contributed by atoms with Gasteiger partial charge in [0.2, 0.25) is 5.88 Å². The fraction of sp³-hybridized carbons (Fsp3) is 0.111. The smallest absolute Gasteiger partial charge is 0.212 e. The average molecular weight is 349 g/mol. The van der Waals surface area contributed by atoms with Crippen LogP contribution in [0.3, 0.4) is 0 Å². The molecule has 0 aromatic carbocycles. The molecule has 124 valence electrons. The molecule has 1 atom stereocenters. The highest BCUT2D eigenvalue weighted by atomic mass is 32.1. The molecular weight excluding hydrogens is 334 g/mol. The molecule has 1 unspecified atom stereocenters. The minimum absolute atomic E-state index is 0.425. The SMILES string of the molecule is COc1ccc(-c2csc3ncnc(C(N)c4ccccn4)c23)cn1. The van der Waals surface area contributed by atoms with Gasteiger partial charge in [-0.3, -0.25) is 4.98 Å². The van der Waals surface area contributed by atoms with Crippen LogP contribution < -0.4 is 10.5 Å². The molecule has 0 fully saturated rings. The van der Waals surface area contributed by atoms with Gasteiger partial charge in [0.15, 0.2) is 0 Å². The third-order valence-corrected chi connectivity index (χ3v) is 4.84. The summed E-state index contributed by atoms with van der Waals surface area (Å²) in [5.74, 6) is 0.574. The minimum atomic E-state index is -0.425. The lowest BCUT2D eigenvalue weighted by molar-refractivity contribution is 0.398. The van der Waals surface area contributed by atoms with E-state index in [0.29, 0.717) is 5.88 Å². The van der Waals surface area contributed by atoms with E-state index in [1.807, 2.05) is 30.3 Å². The van der Waals surface area contributed by atoms with Crippen LogP contribution in [-0.2, 0) is 0 Å². The lowest BCUT2D eigenvalue weighted by Crippen LogP contribution is -2.15. The molecule has 25 heavy (non-hydrogen) atoms. The summed E-state index contributed by atoms with van der Waals surface area (Å²) < 4.78 is 5.13. The van der Waals surface area contributed by atoms with Gasteiger partial charge >= 0.3 is 0 Å². The maximum absolute atomic E-state index is 6.45. The number of thiophene rings is 1. The molecule has 0 amide bonds. The third-order valence-electron chi connectivity index (χ3n) is 3.96. The van der Waals surface area contributed by atoms with Gasteiger partial charge in [-0.1, -0.05) is 6.07 Å². The number of hydrogen-bond acceptors (Lipinski definition) is 7. The number of hydrogen-bond donors (Lipinski definition) is 1. The Hall–Kier alpha value is -2.90. The highest BCUT2D eigenvalue weighted by Gasteiger charge is 2.20. The molecule has 4 aromatic rings. The second-order valence-corrected chi connectivity index (χ2v) is 6.27. The number of aromatic nitrogens is 4. The van der Waals surface area contributed by atoms with Crippen LogP contribution in [0, 0.1) is 0 Å². The van der Waals surface area contributed by atoms with Crippen molar-refractivity contribution in [3.8, 4) is 17.0 Å². The minimum Gasteiger partial charge on any atom is -0.481 e. The molecule has 7 heteroatoms. The summed E-state index contributed by atoms with van der Waals surface area (Å²) in [5.41, 5.74) is 9.96. The van der Waals surface area contributed by atoms with Crippen molar-refractivity contribution in [3.05, 3.63) is 65.8 Å². The van der Waals surface area contributed by atoms with Gasteiger partial charge in [0.05, 0.1) is 24.5 Å². The molecule has 0 saturated heterocycles. The molecule has 0 spiro atoms. The van der Waals surface area contributed by atoms with Crippen LogP contribution in [0.2, 0.25) is 0 Å². The summed E-state index contributed by atoms with van der Waals surface area (Å²) in [6.07, 6.45) is 5.06. The van der Waals surface area contributed by atoms with Crippen molar-refractivity contribution in [2.45, 2.75) is 6.04 Å². The van der Waals surface area contributed by atoms with Crippen molar-refractivity contribution in [1.29, 1.82) is 0 Å². The topological polar surface area (TPSA) is 86.8 Å². The van der Waals surface area contributed by atoms with Crippen LogP contribution in [0.4, 0.5) is 0 Å². The lowest BCUT2D eigenvalue weighted by atomic mass is 10.0. The van der Waals surface area contributed by atoms with Gasteiger partial charge in [-0.15, -0.1) is 11.3 Å². The predicted molar refractivity (Wildman–Crippen MR) is 97.5 cm³/mol. The van der Waals surface area contributed by atoms with Gasteiger partial charge in [-0.05, 0) is 18.2 Å². The van der Waals surface area contributed by atoms with Crippen LogP contribution in [-0.4, -0.2) is 27.0 Å². The summed E-state index contributed by atoms with van der Waals surface area (Å²) in [6, 6.07) is 9.07. The highest BCUT2D eigenvalue weighted by Crippen LogP contribution is 2.36. The largest absolute Gasteiger partial charge is 0.481 e. The zero-order valence-electron chi connectivity index (χ0n) is 13.5. The molecule has 4 aromatic heterocycles. The molecule has 2 N–H and O–H groups in total. The Morgan fingerprint density at radius 3 is 2.72 bits per heavy atom. The molecule has 4 rings (SSSR count). The van der Waals surface area contributed by atoms with E-state index in [1.54, 1.807) is 37.2 Å². The summed E-state index contributed by atoms with van der Waals surface area (Å²) in [7, 11) is 1.60. The molecule has 0 aliphatic carbocycles. The van der Waals surface area contributed by atoms with Gasteiger partial charge in [0, 0.05) is 40.4 Å². The Balaban J connectivity index is 1.87. The zero-order valence-corrected chi connectivity index (χ0v) is 14.3. The molecule has 0 aliphatic rings. The number of fused-ring (bicyclic) bond motifs is 1. The van der Waals surface area contributed by atoms with Crippen LogP contribution in [0.15, 0.2) is 54.4 Å². The monoisotopic (exact) mass is 349 g/mol. The first-order valence-corrected chi connectivity index (χ1v) is 8.55. The normalized spacial score (nSPS) is 12.2. The second-order valence-electron chi connectivity index (χ2n) is 5.41. The Morgan fingerprint density at radius 1 is 1.08 bits per heavy atom. The second kappa shape index (κ2) is 6.54. The number of nitrogens with two attached hydrogens (primary N) is 1. The van der Waals surface area contributed by atoms with E-state index in [9.17, 15) is 0 Å². The standard InChI is InChI=1S/C18H15N5OS/c1-24-14-6-5-11(8-21-14)12-9-25-18-15(12)17(22-10-23-18)16(19)13-4-2-3-7-20-13/h2-10,16H,19H2,1H3. The predicted octanol–water partition coefficient (Wildman–Crippen LogP) is 3.21. The quantitative estimate of drug-likeness (QED) is 0.609. The first-order valence-electron chi connectivity index (χ1n) is 7.67. The van der Waals surface area contributed by atoms with E-state index in [4.69, 9.17) is 10.5 Å². The molecule has 0 aliphatic heterocycles. The molecular formula is C18H15N5OS. The molecule has 4 heterocycles. The number of methoxy groups -OCH3 is 1. The Labute approximate surface area is 148 Å². The van der Waals surface area contributed by atoms with Crippen molar-refractivity contribution < 1.29 is 4.74 Å². The lowest BCUT2D eigenvalue weighted by Gasteiger charge is -2.12. The van der Waals surface area contributed by atoms with Gasteiger partial charge in [-0.2, -0.15) is 0 Å². The number of rotatable bonds is 4. The Kier molecular flexibility index (Phi) is 4.09. The van der Waals surface area contributed by atoms with E-state index >= 15 is 0 Å². The van der Waals surface area contributed by atoms with Crippen molar-refractivity contribution in [2.75, 3.05) is 7.11 Å². The van der Waals surface area contributed by atoms with Crippen LogP contribution in [0.25, 0.3) is 21.3 Å². The van der Waals surface area contributed by atoms with Gasteiger partial charge < -0.3 is 10.5 Å². The average Bonchev–Trinajstić information content (AvgIpc) is 3.12. The van der Waals surface area contributed by atoms with E-state index < -0.39 is 6.04 Å². The third kappa shape index (κ3) is 2.84. The van der Waals surface area contributed by atoms with E-state index in [2.05, 4.69) is 25.3 Å². The van der Waals surface area contributed by atoms with Crippen LogP contribution in [0.1, 0.15) is 17.4 Å². The van der Waals surface area contributed by atoms with Crippen molar-refractivity contribution in [2.24, 2.45) is 5.73 Å². The summed E-state index contributed by atoms with van der Waals surface area (Å²) >= 11 is 1.56. The number of nitrogens with zero attached hydrogens (tertiary/aromatic N) is 4. The number of pyridine rings is 2. The molecule has 6 nitrogen and oxygen atoms in total. The molecule has 0 bridgehead atoms. The first-order chi connectivity index (χ1) is 12.3. The first kappa shape index (κ1) is 15.6. The van der Waals surface area contributed by atoms with E-state index in [-0.39, 0.29) is 0 Å². The molecule has 0 saturated carbocycles. The van der Waals surface area contributed by atoms with Crippen LogP contribution >= 0.6 is 11.3 Å². The van der Waals surface area contributed by atoms with E-state index in [0.717, 1.165) is 32.7 Å². The van der Waals surface area contributed by atoms with Gasteiger partial charge in [-0.25, -0.2) is 15.0 Å². The Morgan fingerprint density at radius 2 is 2.00 bits per heavy atom. The van der Waals surface area contributed by atoms with Crippen LogP contribution in [0.5, 0.6) is 5.88 Å². The maximum atomic E-state index is 6.45.